The highest BCUT2D eigenvalue weighted by atomic mass is 19.2. The first kappa shape index (κ1) is 15.9. The van der Waals surface area contributed by atoms with Gasteiger partial charge in [-0.05, 0) is 30.0 Å². The zero-order chi connectivity index (χ0) is 15.2. The summed E-state index contributed by atoms with van der Waals surface area (Å²) in [6.07, 6.45) is 7.12. The highest BCUT2D eigenvalue weighted by molar-refractivity contribution is 5.69. The Balaban J connectivity index is 1.75. The SMILES string of the molecule is O=C(CCC1CCCCC1)OCc1cc(F)c(F)c(F)c1. The van der Waals surface area contributed by atoms with Crippen LogP contribution in [0.5, 0.6) is 0 Å². The molecule has 0 aliphatic heterocycles. The van der Waals surface area contributed by atoms with Crippen molar-refractivity contribution in [1.82, 2.24) is 0 Å². The van der Waals surface area contributed by atoms with Gasteiger partial charge in [0.2, 0.25) is 0 Å². The summed E-state index contributed by atoms with van der Waals surface area (Å²) in [5, 5.41) is 0. The summed E-state index contributed by atoms with van der Waals surface area (Å²) in [6.45, 7) is -0.238. The lowest BCUT2D eigenvalue weighted by molar-refractivity contribution is -0.145. The molecule has 0 aromatic heterocycles. The molecule has 0 N–H and O–H groups in total. The van der Waals surface area contributed by atoms with E-state index < -0.39 is 17.5 Å². The van der Waals surface area contributed by atoms with E-state index in [4.69, 9.17) is 4.74 Å². The van der Waals surface area contributed by atoms with E-state index in [0.717, 1.165) is 31.4 Å². The number of hydrogen-bond donors (Lipinski definition) is 0. The van der Waals surface area contributed by atoms with Crippen LogP contribution in [-0.4, -0.2) is 5.97 Å². The third-order valence-electron chi connectivity index (χ3n) is 3.92. The summed E-state index contributed by atoms with van der Waals surface area (Å²) in [5.74, 6) is -3.87. The van der Waals surface area contributed by atoms with Crippen LogP contribution in [0.3, 0.4) is 0 Å². The number of carbonyl (C=O) groups excluding carboxylic acids is 1. The smallest absolute Gasteiger partial charge is 0.306 e. The number of hydrogen-bond acceptors (Lipinski definition) is 2. The predicted octanol–water partition coefficient (Wildman–Crippen LogP) is 4.51. The molecular weight excluding hydrogens is 281 g/mol. The van der Waals surface area contributed by atoms with Crippen LogP contribution in [0.1, 0.15) is 50.5 Å². The summed E-state index contributed by atoms with van der Waals surface area (Å²) in [4.78, 5) is 11.6. The molecule has 1 aromatic rings. The Morgan fingerprint density at radius 3 is 2.33 bits per heavy atom. The minimum absolute atomic E-state index is 0.109. The van der Waals surface area contributed by atoms with Crippen LogP contribution in [0.2, 0.25) is 0 Å². The fourth-order valence-electron chi connectivity index (χ4n) is 2.73. The van der Waals surface area contributed by atoms with Gasteiger partial charge in [-0.25, -0.2) is 13.2 Å². The summed E-state index contributed by atoms with van der Waals surface area (Å²) in [5.41, 5.74) is 0.109. The quantitative estimate of drug-likeness (QED) is 0.591. The van der Waals surface area contributed by atoms with Gasteiger partial charge in [0.15, 0.2) is 17.5 Å². The van der Waals surface area contributed by atoms with Crippen molar-refractivity contribution in [1.29, 1.82) is 0 Å². The van der Waals surface area contributed by atoms with Gasteiger partial charge in [-0.3, -0.25) is 4.79 Å². The van der Waals surface area contributed by atoms with Crippen molar-refractivity contribution in [3.63, 3.8) is 0 Å². The van der Waals surface area contributed by atoms with Gasteiger partial charge in [0.25, 0.3) is 0 Å². The van der Waals surface area contributed by atoms with Crippen LogP contribution in [0, 0.1) is 23.4 Å². The Morgan fingerprint density at radius 1 is 1.10 bits per heavy atom. The maximum atomic E-state index is 13.0. The first-order chi connectivity index (χ1) is 10.1. The second kappa shape index (κ2) is 7.48. The van der Waals surface area contributed by atoms with E-state index in [-0.39, 0.29) is 18.1 Å². The molecule has 1 aliphatic carbocycles. The van der Waals surface area contributed by atoms with Crippen molar-refractivity contribution >= 4 is 5.97 Å². The summed E-state index contributed by atoms with van der Waals surface area (Å²) in [6, 6.07) is 1.68. The molecule has 0 heterocycles. The lowest BCUT2D eigenvalue weighted by atomic mass is 9.86. The molecule has 0 atom stereocenters. The highest BCUT2D eigenvalue weighted by Gasteiger charge is 2.16. The Kier molecular flexibility index (Phi) is 5.65. The van der Waals surface area contributed by atoms with Gasteiger partial charge >= 0.3 is 5.97 Å². The maximum absolute atomic E-state index is 13.0. The van der Waals surface area contributed by atoms with Crippen molar-refractivity contribution in [3.8, 4) is 0 Å². The maximum Gasteiger partial charge on any atom is 0.306 e. The molecule has 0 saturated heterocycles. The molecule has 0 amide bonds. The molecule has 1 saturated carbocycles. The van der Waals surface area contributed by atoms with Gasteiger partial charge in [-0.2, -0.15) is 0 Å². The van der Waals surface area contributed by atoms with Crippen LogP contribution in [0.4, 0.5) is 13.2 Å². The number of esters is 1. The van der Waals surface area contributed by atoms with Crippen molar-refractivity contribution in [2.45, 2.75) is 51.6 Å². The first-order valence-electron chi connectivity index (χ1n) is 7.35. The molecule has 116 valence electrons. The van der Waals surface area contributed by atoms with Crippen molar-refractivity contribution in [2.75, 3.05) is 0 Å². The Labute approximate surface area is 122 Å². The summed E-state index contributed by atoms with van der Waals surface area (Å²) < 4.78 is 43.8. The lowest BCUT2D eigenvalue weighted by Crippen LogP contribution is -2.11. The third kappa shape index (κ3) is 4.76. The highest BCUT2D eigenvalue weighted by Crippen LogP contribution is 2.27. The van der Waals surface area contributed by atoms with E-state index in [1.807, 2.05) is 0 Å². The molecule has 1 aromatic carbocycles. The number of ether oxygens (including phenoxy) is 1. The molecule has 0 radical (unpaired) electrons. The number of carbonyl (C=O) groups is 1. The molecule has 0 unspecified atom stereocenters. The molecule has 2 rings (SSSR count). The van der Waals surface area contributed by atoms with E-state index in [2.05, 4.69) is 0 Å². The van der Waals surface area contributed by atoms with Crippen LogP contribution in [-0.2, 0) is 16.1 Å². The fourth-order valence-corrected chi connectivity index (χ4v) is 2.73. The number of benzene rings is 1. The predicted molar refractivity (Wildman–Crippen MR) is 71.9 cm³/mol. The molecule has 21 heavy (non-hydrogen) atoms. The minimum atomic E-state index is -1.51. The van der Waals surface area contributed by atoms with Gasteiger partial charge in [-0.15, -0.1) is 0 Å². The number of halogens is 3. The second-order valence-corrected chi connectivity index (χ2v) is 5.58. The zero-order valence-electron chi connectivity index (χ0n) is 11.8. The van der Waals surface area contributed by atoms with Gasteiger partial charge in [0.05, 0.1) is 0 Å². The topological polar surface area (TPSA) is 26.3 Å². The Morgan fingerprint density at radius 2 is 1.71 bits per heavy atom. The van der Waals surface area contributed by atoms with E-state index in [1.165, 1.54) is 19.3 Å². The summed E-state index contributed by atoms with van der Waals surface area (Å²) in [7, 11) is 0. The zero-order valence-corrected chi connectivity index (χ0v) is 11.8. The first-order valence-corrected chi connectivity index (χ1v) is 7.35. The van der Waals surface area contributed by atoms with E-state index in [0.29, 0.717) is 12.3 Å². The summed E-state index contributed by atoms with van der Waals surface area (Å²) >= 11 is 0. The Hall–Kier alpha value is -1.52. The molecule has 0 bridgehead atoms. The molecular formula is C16H19F3O2. The largest absolute Gasteiger partial charge is 0.461 e. The van der Waals surface area contributed by atoms with Crippen molar-refractivity contribution in [2.24, 2.45) is 5.92 Å². The average molecular weight is 300 g/mol. The molecule has 5 heteroatoms. The standard InChI is InChI=1S/C16H19F3O2/c17-13-8-12(9-14(18)16(13)19)10-21-15(20)7-6-11-4-2-1-3-5-11/h8-9,11H,1-7,10H2. The van der Waals surface area contributed by atoms with Crippen LogP contribution < -0.4 is 0 Å². The van der Waals surface area contributed by atoms with Gasteiger partial charge in [0.1, 0.15) is 6.61 Å². The number of rotatable bonds is 5. The Bertz CT molecular complexity index is 473. The molecule has 1 fully saturated rings. The molecule has 0 spiro atoms. The van der Waals surface area contributed by atoms with Crippen LogP contribution in [0.25, 0.3) is 0 Å². The van der Waals surface area contributed by atoms with Gasteiger partial charge < -0.3 is 4.74 Å². The van der Waals surface area contributed by atoms with Gasteiger partial charge in [-0.1, -0.05) is 32.1 Å². The van der Waals surface area contributed by atoms with Crippen LogP contribution >= 0.6 is 0 Å². The average Bonchev–Trinajstić information content (AvgIpc) is 2.49. The van der Waals surface area contributed by atoms with Crippen molar-refractivity contribution < 1.29 is 22.7 Å². The molecule has 1 aliphatic rings. The van der Waals surface area contributed by atoms with E-state index in [1.54, 1.807) is 0 Å². The third-order valence-corrected chi connectivity index (χ3v) is 3.92. The van der Waals surface area contributed by atoms with Crippen LogP contribution in [0.15, 0.2) is 12.1 Å². The van der Waals surface area contributed by atoms with E-state index >= 15 is 0 Å². The molecule has 2 nitrogen and oxygen atoms in total. The monoisotopic (exact) mass is 300 g/mol. The normalized spacial score (nSPS) is 16.0. The van der Waals surface area contributed by atoms with E-state index in [9.17, 15) is 18.0 Å². The fraction of sp³-hybridized carbons (Fsp3) is 0.562. The lowest BCUT2D eigenvalue weighted by Gasteiger charge is -2.20. The van der Waals surface area contributed by atoms with Gasteiger partial charge in [0, 0.05) is 6.42 Å². The minimum Gasteiger partial charge on any atom is -0.461 e. The second-order valence-electron chi connectivity index (χ2n) is 5.58. The van der Waals surface area contributed by atoms with Crippen molar-refractivity contribution in [3.05, 3.63) is 35.1 Å².